The molecule has 0 aliphatic heterocycles. The van der Waals surface area contributed by atoms with Crippen molar-refractivity contribution in [3.05, 3.63) is 35.0 Å². The molecule has 102 valence electrons. The summed E-state index contributed by atoms with van der Waals surface area (Å²) in [5, 5.41) is 12.8. The molecule has 0 fully saturated rings. The Morgan fingerprint density at radius 2 is 2.11 bits per heavy atom. The van der Waals surface area contributed by atoms with Crippen LogP contribution in [0.5, 0.6) is 0 Å². The molecular weight excluding hydrogens is 240 g/mol. The molecule has 0 aliphatic rings. The quantitative estimate of drug-likeness (QED) is 0.788. The van der Waals surface area contributed by atoms with Crippen LogP contribution in [0, 0.1) is 19.8 Å². The number of aromatic nitrogens is 1. The van der Waals surface area contributed by atoms with Crippen molar-refractivity contribution in [1.82, 2.24) is 10.3 Å². The number of carbonyl (C=O) groups excluding carboxylic acids is 1. The maximum absolute atomic E-state index is 12.0. The molecule has 2 rings (SSSR count). The number of aryl methyl sites for hydroxylation is 2. The highest BCUT2D eigenvalue weighted by atomic mass is 16.3. The van der Waals surface area contributed by atoms with Gasteiger partial charge in [0.1, 0.15) is 5.69 Å². The summed E-state index contributed by atoms with van der Waals surface area (Å²) in [5.74, 6) is -0.0640. The van der Waals surface area contributed by atoms with Crippen molar-refractivity contribution in [3.8, 4) is 0 Å². The lowest BCUT2D eigenvalue weighted by atomic mass is 10.1. The van der Waals surface area contributed by atoms with Gasteiger partial charge in [-0.2, -0.15) is 0 Å². The predicted molar refractivity (Wildman–Crippen MR) is 76.4 cm³/mol. The van der Waals surface area contributed by atoms with E-state index in [-0.39, 0.29) is 18.4 Å². The lowest BCUT2D eigenvalue weighted by Gasteiger charge is -2.08. The van der Waals surface area contributed by atoms with Crippen LogP contribution in [-0.2, 0) is 0 Å². The molecule has 1 aromatic heterocycles. The van der Waals surface area contributed by atoms with Gasteiger partial charge in [-0.05, 0) is 43.0 Å². The Morgan fingerprint density at radius 1 is 1.37 bits per heavy atom. The third-order valence-electron chi connectivity index (χ3n) is 3.26. The molecule has 1 atom stereocenters. The molecule has 4 heteroatoms. The van der Waals surface area contributed by atoms with Crippen molar-refractivity contribution in [3.63, 3.8) is 0 Å². The molecule has 1 aromatic carbocycles. The summed E-state index contributed by atoms with van der Waals surface area (Å²) in [7, 11) is 0. The predicted octanol–water partition coefficient (Wildman–Crippen LogP) is 2.14. The molecule has 19 heavy (non-hydrogen) atoms. The van der Waals surface area contributed by atoms with E-state index in [1.807, 2.05) is 32.9 Å². The van der Waals surface area contributed by atoms with E-state index >= 15 is 0 Å². The summed E-state index contributed by atoms with van der Waals surface area (Å²) in [5.41, 5.74) is 3.88. The maximum atomic E-state index is 12.0. The Hall–Kier alpha value is -1.81. The van der Waals surface area contributed by atoms with E-state index in [2.05, 4.69) is 16.4 Å². The van der Waals surface area contributed by atoms with Gasteiger partial charge in [0, 0.05) is 24.1 Å². The zero-order chi connectivity index (χ0) is 14.0. The van der Waals surface area contributed by atoms with Gasteiger partial charge in [0.05, 0.1) is 0 Å². The van der Waals surface area contributed by atoms with Crippen LogP contribution in [0.3, 0.4) is 0 Å². The molecule has 2 aromatic rings. The van der Waals surface area contributed by atoms with Gasteiger partial charge < -0.3 is 15.4 Å². The molecule has 0 spiro atoms. The number of benzene rings is 1. The number of aliphatic hydroxyl groups excluding tert-OH is 1. The largest absolute Gasteiger partial charge is 0.396 e. The van der Waals surface area contributed by atoms with Crippen molar-refractivity contribution >= 4 is 16.8 Å². The molecule has 1 unspecified atom stereocenters. The fraction of sp³-hybridized carbons (Fsp3) is 0.400. The number of carbonyl (C=O) groups is 1. The van der Waals surface area contributed by atoms with Gasteiger partial charge in [0.2, 0.25) is 0 Å². The number of fused-ring (bicyclic) bond motifs is 1. The van der Waals surface area contributed by atoms with Crippen LogP contribution in [-0.4, -0.2) is 29.1 Å². The monoisotopic (exact) mass is 260 g/mol. The van der Waals surface area contributed by atoms with Gasteiger partial charge >= 0.3 is 0 Å². The first kappa shape index (κ1) is 13.6. The first-order chi connectivity index (χ1) is 9.01. The van der Waals surface area contributed by atoms with E-state index in [1.54, 1.807) is 0 Å². The summed E-state index contributed by atoms with van der Waals surface area (Å²) >= 11 is 0. The average Bonchev–Trinajstić information content (AvgIpc) is 2.79. The first-order valence-electron chi connectivity index (χ1n) is 6.50. The standard InChI is InChI=1S/C15H20N2O2/c1-9-4-11(3)12-6-14(17-13(12)5-9)15(19)16-7-10(2)8-18/h4-6,10,17-18H,7-8H2,1-3H3,(H,16,19). The molecule has 0 bridgehead atoms. The van der Waals surface area contributed by atoms with Crippen LogP contribution in [0.4, 0.5) is 0 Å². The van der Waals surface area contributed by atoms with Gasteiger partial charge in [-0.25, -0.2) is 0 Å². The van der Waals surface area contributed by atoms with Crippen LogP contribution in [0.2, 0.25) is 0 Å². The Morgan fingerprint density at radius 3 is 2.79 bits per heavy atom. The molecule has 0 saturated carbocycles. The zero-order valence-electron chi connectivity index (χ0n) is 11.6. The smallest absolute Gasteiger partial charge is 0.267 e. The number of H-pyrrole nitrogens is 1. The third kappa shape index (κ3) is 2.96. The lowest BCUT2D eigenvalue weighted by molar-refractivity contribution is 0.0938. The van der Waals surface area contributed by atoms with Gasteiger partial charge in [-0.1, -0.05) is 13.0 Å². The Bertz CT molecular complexity index is 601. The number of nitrogens with one attached hydrogen (secondary N) is 2. The highest BCUT2D eigenvalue weighted by Crippen LogP contribution is 2.21. The molecule has 3 N–H and O–H groups in total. The van der Waals surface area contributed by atoms with Gasteiger partial charge in [0.15, 0.2) is 0 Å². The second kappa shape index (κ2) is 5.45. The normalized spacial score (nSPS) is 12.6. The van der Waals surface area contributed by atoms with Crippen LogP contribution in [0.15, 0.2) is 18.2 Å². The van der Waals surface area contributed by atoms with E-state index in [9.17, 15) is 4.79 Å². The fourth-order valence-electron chi connectivity index (χ4n) is 2.15. The lowest BCUT2D eigenvalue weighted by Crippen LogP contribution is -2.29. The minimum Gasteiger partial charge on any atom is -0.396 e. The average molecular weight is 260 g/mol. The second-order valence-corrected chi connectivity index (χ2v) is 5.22. The fourth-order valence-corrected chi connectivity index (χ4v) is 2.15. The number of amides is 1. The van der Waals surface area contributed by atoms with E-state index in [1.165, 1.54) is 5.56 Å². The highest BCUT2D eigenvalue weighted by Gasteiger charge is 2.11. The van der Waals surface area contributed by atoms with Crippen molar-refractivity contribution in [2.24, 2.45) is 5.92 Å². The Balaban J connectivity index is 2.21. The van der Waals surface area contributed by atoms with E-state index < -0.39 is 0 Å². The number of aromatic amines is 1. The molecule has 0 aliphatic carbocycles. The van der Waals surface area contributed by atoms with Crippen molar-refractivity contribution < 1.29 is 9.90 Å². The topological polar surface area (TPSA) is 65.1 Å². The molecule has 1 amide bonds. The van der Waals surface area contributed by atoms with Gasteiger partial charge in [-0.15, -0.1) is 0 Å². The minimum atomic E-state index is -0.131. The highest BCUT2D eigenvalue weighted by molar-refractivity contribution is 5.98. The van der Waals surface area contributed by atoms with Crippen LogP contribution in [0.1, 0.15) is 28.5 Å². The summed E-state index contributed by atoms with van der Waals surface area (Å²) in [4.78, 5) is 15.2. The van der Waals surface area contributed by atoms with E-state index in [4.69, 9.17) is 5.11 Å². The van der Waals surface area contributed by atoms with Crippen LogP contribution in [0.25, 0.3) is 10.9 Å². The molecule has 4 nitrogen and oxygen atoms in total. The summed E-state index contributed by atoms with van der Waals surface area (Å²) in [6.07, 6.45) is 0. The summed E-state index contributed by atoms with van der Waals surface area (Å²) in [6, 6.07) is 6.02. The Labute approximate surface area is 112 Å². The summed E-state index contributed by atoms with van der Waals surface area (Å²) < 4.78 is 0. The number of aliphatic hydroxyl groups is 1. The Kier molecular flexibility index (Phi) is 3.90. The van der Waals surface area contributed by atoms with Gasteiger partial charge in [-0.3, -0.25) is 4.79 Å². The van der Waals surface area contributed by atoms with Crippen molar-refractivity contribution in [2.75, 3.05) is 13.2 Å². The first-order valence-corrected chi connectivity index (χ1v) is 6.50. The summed E-state index contributed by atoms with van der Waals surface area (Å²) in [6.45, 7) is 6.52. The number of hydrogen-bond acceptors (Lipinski definition) is 2. The van der Waals surface area contributed by atoms with Crippen molar-refractivity contribution in [2.45, 2.75) is 20.8 Å². The zero-order valence-corrected chi connectivity index (χ0v) is 11.6. The van der Waals surface area contributed by atoms with E-state index in [0.717, 1.165) is 16.5 Å². The second-order valence-electron chi connectivity index (χ2n) is 5.22. The van der Waals surface area contributed by atoms with Crippen molar-refractivity contribution in [1.29, 1.82) is 0 Å². The third-order valence-corrected chi connectivity index (χ3v) is 3.26. The molecule has 0 radical (unpaired) electrons. The molecule has 1 heterocycles. The minimum absolute atomic E-state index is 0.0670. The maximum Gasteiger partial charge on any atom is 0.267 e. The van der Waals surface area contributed by atoms with Crippen LogP contribution < -0.4 is 5.32 Å². The molecule has 0 saturated heterocycles. The van der Waals surface area contributed by atoms with Gasteiger partial charge in [0.25, 0.3) is 5.91 Å². The van der Waals surface area contributed by atoms with Crippen LogP contribution >= 0.6 is 0 Å². The number of rotatable bonds is 4. The SMILES string of the molecule is Cc1cc(C)c2cc(C(=O)NCC(C)CO)[nH]c2c1. The molecular formula is C15H20N2O2. The number of hydrogen-bond donors (Lipinski definition) is 3. The van der Waals surface area contributed by atoms with E-state index in [0.29, 0.717) is 12.2 Å².